The van der Waals surface area contributed by atoms with Crippen molar-refractivity contribution in [2.75, 3.05) is 19.8 Å². The van der Waals surface area contributed by atoms with Crippen LogP contribution in [0.3, 0.4) is 0 Å². The Bertz CT molecular complexity index is 235. The van der Waals surface area contributed by atoms with Crippen LogP contribution in [0.25, 0.3) is 0 Å². The Labute approximate surface area is 85.3 Å². The predicted octanol–water partition coefficient (Wildman–Crippen LogP) is 2.74. The molecule has 0 heterocycles. The summed E-state index contributed by atoms with van der Waals surface area (Å²) in [6.07, 6.45) is 0.613. The lowest BCUT2D eigenvalue weighted by Gasteiger charge is -2.12. The van der Waals surface area contributed by atoms with Crippen LogP contribution in [0.15, 0.2) is 30.3 Å². The third-order valence-electron chi connectivity index (χ3n) is 2.31. The maximum Gasteiger partial charge on any atom is 0.0906 e. The van der Waals surface area contributed by atoms with Crippen LogP contribution in [0.4, 0.5) is 4.39 Å². The number of alkyl halides is 1. The van der Waals surface area contributed by atoms with Crippen molar-refractivity contribution in [1.29, 1.82) is 0 Å². The molecule has 1 aromatic carbocycles. The van der Waals surface area contributed by atoms with Gasteiger partial charge in [-0.3, -0.25) is 4.39 Å². The molecule has 1 aromatic rings. The van der Waals surface area contributed by atoms with Gasteiger partial charge >= 0.3 is 0 Å². The highest BCUT2D eigenvalue weighted by molar-refractivity contribution is 5.18. The fourth-order valence-corrected chi connectivity index (χ4v) is 1.41. The van der Waals surface area contributed by atoms with Crippen LogP contribution in [-0.4, -0.2) is 19.8 Å². The summed E-state index contributed by atoms with van der Waals surface area (Å²) >= 11 is 0. The monoisotopic (exact) mass is 195 g/mol. The van der Waals surface area contributed by atoms with Gasteiger partial charge in [0.25, 0.3) is 0 Å². The van der Waals surface area contributed by atoms with Crippen LogP contribution in [0.1, 0.15) is 24.8 Å². The van der Waals surface area contributed by atoms with Crippen molar-refractivity contribution in [3.8, 4) is 0 Å². The molecule has 0 saturated heterocycles. The summed E-state index contributed by atoms with van der Waals surface area (Å²) in [5.74, 6) is 0.496. The fraction of sp³-hybridized carbons (Fsp3) is 0.500. The molecule has 0 aromatic heterocycles. The van der Waals surface area contributed by atoms with Gasteiger partial charge in [0.15, 0.2) is 0 Å². The van der Waals surface area contributed by atoms with E-state index in [9.17, 15) is 4.39 Å². The molecule has 0 aliphatic rings. The van der Waals surface area contributed by atoms with Crippen molar-refractivity contribution in [1.82, 2.24) is 5.32 Å². The van der Waals surface area contributed by atoms with Crippen LogP contribution in [0.2, 0.25) is 0 Å². The minimum absolute atomic E-state index is 0.229. The summed E-state index contributed by atoms with van der Waals surface area (Å²) in [6, 6.07) is 10.4. The van der Waals surface area contributed by atoms with E-state index in [0.717, 1.165) is 13.1 Å². The zero-order valence-corrected chi connectivity index (χ0v) is 8.67. The highest BCUT2D eigenvalue weighted by atomic mass is 19.1. The molecule has 1 atom stereocenters. The van der Waals surface area contributed by atoms with Crippen molar-refractivity contribution < 1.29 is 4.39 Å². The van der Waals surface area contributed by atoms with Crippen LogP contribution < -0.4 is 5.32 Å². The second-order valence-corrected chi connectivity index (χ2v) is 3.56. The summed E-state index contributed by atoms with van der Waals surface area (Å²) in [4.78, 5) is 0. The third kappa shape index (κ3) is 3.88. The van der Waals surface area contributed by atoms with Crippen molar-refractivity contribution in [3.05, 3.63) is 35.9 Å². The Morgan fingerprint density at radius 1 is 1.29 bits per heavy atom. The van der Waals surface area contributed by atoms with Crippen molar-refractivity contribution in [3.63, 3.8) is 0 Å². The lowest BCUT2D eigenvalue weighted by molar-refractivity contribution is 0.456. The smallest absolute Gasteiger partial charge is 0.0906 e. The van der Waals surface area contributed by atoms with E-state index in [1.807, 2.05) is 18.2 Å². The van der Waals surface area contributed by atoms with Crippen LogP contribution in [0.5, 0.6) is 0 Å². The van der Waals surface area contributed by atoms with Gasteiger partial charge in [-0.1, -0.05) is 37.3 Å². The van der Waals surface area contributed by atoms with E-state index >= 15 is 0 Å². The number of rotatable bonds is 6. The zero-order chi connectivity index (χ0) is 10.2. The molecule has 0 spiro atoms. The van der Waals surface area contributed by atoms with Crippen molar-refractivity contribution in [2.24, 2.45) is 0 Å². The number of hydrogen-bond acceptors (Lipinski definition) is 1. The van der Waals surface area contributed by atoms with Gasteiger partial charge in [0.05, 0.1) is 6.67 Å². The Morgan fingerprint density at radius 2 is 2.00 bits per heavy atom. The molecule has 78 valence electrons. The molecule has 0 amide bonds. The third-order valence-corrected chi connectivity index (χ3v) is 2.31. The molecule has 0 aliphatic carbocycles. The highest BCUT2D eigenvalue weighted by Gasteiger charge is 2.02. The minimum Gasteiger partial charge on any atom is -0.316 e. The molecule has 1 rings (SSSR count). The highest BCUT2D eigenvalue weighted by Crippen LogP contribution is 2.12. The predicted molar refractivity (Wildman–Crippen MR) is 58.3 cm³/mol. The van der Waals surface area contributed by atoms with E-state index in [0.29, 0.717) is 12.3 Å². The molecule has 1 unspecified atom stereocenters. The first-order valence-electron chi connectivity index (χ1n) is 5.16. The van der Waals surface area contributed by atoms with Crippen LogP contribution >= 0.6 is 0 Å². The molecule has 0 saturated carbocycles. The Hall–Kier alpha value is -0.890. The topological polar surface area (TPSA) is 12.0 Å². The number of benzene rings is 1. The SMILES string of the molecule is CC(CNCCCF)c1ccccc1. The van der Waals surface area contributed by atoms with Crippen LogP contribution in [0, 0.1) is 0 Å². The average Bonchev–Trinajstić information content (AvgIpc) is 2.25. The fourth-order valence-electron chi connectivity index (χ4n) is 1.41. The van der Waals surface area contributed by atoms with E-state index in [-0.39, 0.29) is 6.67 Å². The second kappa shape index (κ2) is 6.55. The first-order valence-corrected chi connectivity index (χ1v) is 5.16. The Morgan fingerprint density at radius 3 is 2.64 bits per heavy atom. The molecular weight excluding hydrogens is 177 g/mol. The van der Waals surface area contributed by atoms with E-state index < -0.39 is 0 Å². The van der Waals surface area contributed by atoms with E-state index in [4.69, 9.17) is 0 Å². The molecule has 14 heavy (non-hydrogen) atoms. The summed E-state index contributed by atoms with van der Waals surface area (Å²) < 4.78 is 11.8. The molecular formula is C12H18FN. The molecule has 0 bridgehead atoms. The zero-order valence-electron chi connectivity index (χ0n) is 8.67. The molecule has 1 nitrogen and oxygen atoms in total. The molecule has 0 aliphatic heterocycles. The first kappa shape index (κ1) is 11.2. The summed E-state index contributed by atoms with van der Waals surface area (Å²) in [6.45, 7) is 3.64. The van der Waals surface area contributed by atoms with Gasteiger partial charge in [0, 0.05) is 6.54 Å². The van der Waals surface area contributed by atoms with Gasteiger partial charge in [-0.15, -0.1) is 0 Å². The summed E-state index contributed by atoms with van der Waals surface area (Å²) in [7, 11) is 0. The van der Waals surface area contributed by atoms with E-state index in [1.54, 1.807) is 0 Å². The quantitative estimate of drug-likeness (QED) is 0.688. The molecule has 0 radical (unpaired) electrons. The second-order valence-electron chi connectivity index (χ2n) is 3.56. The van der Waals surface area contributed by atoms with E-state index in [1.165, 1.54) is 5.56 Å². The molecule has 2 heteroatoms. The van der Waals surface area contributed by atoms with Gasteiger partial charge < -0.3 is 5.32 Å². The lowest BCUT2D eigenvalue weighted by atomic mass is 10.0. The largest absolute Gasteiger partial charge is 0.316 e. The first-order chi connectivity index (χ1) is 6.84. The van der Waals surface area contributed by atoms with Crippen LogP contribution in [-0.2, 0) is 0 Å². The minimum atomic E-state index is -0.229. The molecule has 0 fully saturated rings. The van der Waals surface area contributed by atoms with Gasteiger partial charge in [0.2, 0.25) is 0 Å². The molecule has 1 N–H and O–H groups in total. The Balaban J connectivity index is 2.25. The maximum atomic E-state index is 11.8. The number of hydrogen-bond donors (Lipinski definition) is 1. The van der Waals surface area contributed by atoms with Crippen molar-refractivity contribution in [2.45, 2.75) is 19.3 Å². The standard InChI is InChI=1S/C12H18FN/c1-11(10-14-9-5-8-13)12-6-3-2-4-7-12/h2-4,6-7,11,14H,5,8-10H2,1H3. The van der Waals surface area contributed by atoms with Gasteiger partial charge in [-0.05, 0) is 24.4 Å². The maximum absolute atomic E-state index is 11.8. The lowest BCUT2D eigenvalue weighted by Crippen LogP contribution is -2.21. The van der Waals surface area contributed by atoms with Gasteiger partial charge in [-0.2, -0.15) is 0 Å². The number of halogens is 1. The number of nitrogens with one attached hydrogen (secondary N) is 1. The van der Waals surface area contributed by atoms with Gasteiger partial charge in [0.1, 0.15) is 0 Å². The summed E-state index contributed by atoms with van der Waals surface area (Å²) in [5.41, 5.74) is 1.33. The Kier molecular flexibility index (Phi) is 5.23. The average molecular weight is 195 g/mol. The van der Waals surface area contributed by atoms with Crippen molar-refractivity contribution >= 4 is 0 Å². The van der Waals surface area contributed by atoms with Gasteiger partial charge in [-0.25, -0.2) is 0 Å². The normalized spacial score (nSPS) is 12.7. The summed E-state index contributed by atoms with van der Waals surface area (Å²) in [5, 5.41) is 3.24. The van der Waals surface area contributed by atoms with E-state index in [2.05, 4.69) is 24.4 Å².